The van der Waals surface area contributed by atoms with Gasteiger partial charge in [-0.05, 0) is 40.2 Å². The first-order valence-corrected chi connectivity index (χ1v) is 6.72. The van der Waals surface area contributed by atoms with E-state index in [0.717, 1.165) is 32.5 Å². The van der Waals surface area contributed by atoms with Gasteiger partial charge in [-0.15, -0.1) is 11.6 Å². The zero-order valence-electron chi connectivity index (χ0n) is 11.0. The highest BCUT2D eigenvalue weighted by Crippen LogP contribution is 2.12. The Labute approximate surface area is 109 Å². The molecule has 1 heterocycles. The molecule has 0 radical (unpaired) electrons. The first-order valence-electron chi connectivity index (χ1n) is 6.18. The monoisotopic (exact) mass is 262 g/mol. The van der Waals surface area contributed by atoms with Crippen LogP contribution in [0, 0.1) is 0 Å². The van der Waals surface area contributed by atoms with Crippen molar-refractivity contribution in [2.45, 2.75) is 45.3 Å². The summed E-state index contributed by atoms with van der Waals surface area (Å²) in [5.74, 6) is 0.638. The molecule has 1 rings (SSSR count). The molecular formula is C12H23ClN2O2. The lowest BCUT2D eigenvalue weighted by atomic mass is 10.1. The van der Waals surface area contributed by atoms with Crippen molar-refractivity contribution in [2.75, 3.05) is 25.5 Å². The molecular weight excluding hydrogens is 240 g/mol. The zero-order chi connectivity index (χ0) is 12.9. The van der Waals surface area contributed by atoms with Crippen molar-refractivity contribution in [1.82, 2.24) is 10.2 Å². The average Bonchev–Trinajstić information content (AvgIpc) is 2.15. The maximum Gasteiger partial charge on any atom is 0.407 e. The molecule has 5 heteroatoms. The van der Waals surface area contributed by atoms with E-state index in [0.29, 0.717) is 5.88 Å². The van der Waals surface area contributed by atoms with Crippen LogP contribution < -0.4 is 5.32 Å². The molecule has 0 spiro atoms. The van der Waals surface area contributed by atoms with Crippen LogP contribution in [0.1, 0.15) is 33.6 Å². The largest absolute Gasteiger partial charge is 0.444 e. The van der Waals surface area contributed by atoms with Crippen LogP contribution >= 0.6 is 11.6 Å². The van der Waals surface area contributed by atoms with Gasteiger partial charge < -0.3 is 15.0 Å². The Hall–Kier alpha value is -0.480. The molecule has 1 atom stereocenters. The standard InChI is InChI=1S/C12H23ClN2O2/c1-12(2,3)17-11(16)14-10-5-4-7-15(9-10)8-6-13/h10H,4-9H2,1-3H3,(H,14,16). The molecule has 1 N–H and O–H groups in total. The smallest absolute Gasteiger partial charge is 0.407 e. The van der Waals surface area contributed by atoms with Gasteiger partial charge in [0.1, 0.15) is 5.60 Å². The van der Waals surface area contributed by atoms with Crippen molar-refractivity contribution in [3.63, 3.8) is 0 Å². The van der Waals surface area contributed by atoms with E-state index in [4.69, 9.17) is 16.3 Å². The second-order valence-electron chi connectivity index (χ2n) is 5.47. The Bertz CT molecular complexity index is 251. The minimum absolute atomic E-state index is 0.182. The van der Waals surface area contributed by atoms with Crippen LogP contribution in [0.15, 0.2) is 0 Å². The van der Waals surface area contributed by atoms with Crippen LogP contribution in [0.3, 0.4) is 0 Å². The maximum atomic E-state index is 11.6. The minimum atomic E-state index is -0.436. The molecule has 0 aromatic rings. The Morgan fingerprint density at radius 1 is 1.53 bits per heavy atom. The Balaban J connectivity index is 2.33. The first-order chi connectivity index (χ1) is 7.90. The summed E-state index contributed by atoms with van der Waals surface area (Å²) in [6, 6.07) is 0.182. The van der Waals surface area contributed by atoms with Gasteiger partial charge in [-0.2, -0.15) is 0 Å². The number of hydrogen-bond acceptors (Lipinski definition) is 3. The summed E-state index contributed by atoms with van der Waals surface area (Å²) in [4.78, 5) is 13.9. The molecule has 1 saturated heterocycles. The molecule has 1 unspecified atom stereocenters. The van der Waals surface area contributed by atoms with Crippen LogP contribution in [-0.4, -0.2) is 48.2 Å². The predicted molar refractivity (Wildman–Crippen MR) is 69.6 cm³/mol. The fourth-order valence-electron chi connectivity index (χ4n) is 1.97. The summed E-state index contributed by atoms with van der Waals surface area (Å²) in [5.41, 5.74) is -0.436. The normalized spacial score (nSPS) is 22.2. The fourth-order valence-corrected chi connectivity index (χ4v) is 2.21. The summed E-state index contributed by atoms with van der Waals surface area (Å²) >= 11 is 5.72. The van der Waals surface area contributed by atoms with E-state index in [9.17, 15) is 4.79 Å². The number of nitrogens with one attached hydrogen (secondary N) is 1. The van der Waals surface area contributed by atoms with Gasteiger partial charge in [0.05, 0.1) is 0 Å². The summed E-state index contributed by atoms with van der Waals surface area (Å²) in [5, 5.41) is 2.92. The van der Waals surface area contributed by atoms with Crippen LogP contribution in [0.25, 0.3) is 0 Å². The van der Waals surface area contributed by atoms with E-state index < -0.39 is 5.60 Å². The second-order valence-corrected chi connectivity index (χ2v) is 5.85. The van der Waals surface area contributed by atoms with E-state index in [1.807, 2.05) is 20.8 Å². The van der Waals surface area contributed by atoms with Crippen molar-refractivity contribution < 1.29 is 9.53 Å². The number of alkyl halides is 1. The Morgan fingerprint density at radius 2 is 2.24 bits per heavy atom. The van der Waals surface area contributed by atoms with Crippen molar-refractivity contribution in [1.29, 1.82) is 0 Å². The fraction of sp³-hybridized carbons (Fsp3) is 0.917. The molecule has 0 aromatic carbocycles. The van der Waals surface area contributed by atoms with Gasteiger partial charge in [-0.25, -0.2) is 4.79 Å². The number of likely N-dealkylation sites (tertiary alicyclic amines) is 1. The van der Waals surface area contributed by atoms with Gasteiger partial charge in [-0.1, -0.05) is 0 Å². The number of piperidine rings is 1. The highest BCUT2D eigenvalue weighted by Gasteiger charge is 2.23. The predicted octanol–water partition coefficient (Wildman–Crippen LogP) is 2.21. The van der Waals surface area contributed by atoms with E-state index in [1.165, 1.54) is 0 Å². The molecule has 17 heavy (non-hydrogen) atoms. The van der Waals surface area contributed by atoms with Crippen LogP contribution in [0.5, 0.6) is 0 Å². The lowest BCUT2D eigenvalue weighted by Gasteiger charge is -2.33. The average molecular weight is 263 g/mol. The molecule has 0 aromatic heterocycles. The highest BCUT2D eigenvalue weighted by molar-refractivity contribution is 6.18. The SMILES string of the molecule is CC(C)(C)OC(=O)NC1CCCN(CCCl)C1. The zero-order valence-corrected chi connectivity index (χ0v) is 11.7. The molecule has 0 bridgehead atoms. The first kappa shape index (κ1) is 14.6. The number of ether oxygens (including phenoxy) is 1. The van der Waals surface area contributed by atoms with Crippen molar-refractivity contribution in [3.05, 3.63) is 0 Å². The molecule has 1 aliphatic heterocycles. The molecule has 1 amide bonds. The van der Waals surface area contributed by atoms with Crippen molar-refractivity contribution in [3.8, 4) is 0 Å². The van der Waals surface area contributed by atoms with Crippen LogP contribution in [0.4, 0.5) is 4.79 Å². The quantitative estimate of drug-likeness (QED) is 0.793. The third-order valence-corrected chi connectivity index (χ3v) is 2.80. The van der Waals surface area contributed by atoms with Gasteiger partial charge in [0.2, 0.25) is 0 Å². The number of carbonyl (C=O) groups is 1. The molecule has 1 aliphatic rings. The van der Waals surface area contributed by atoms with Crippen LogP contribution in [-0.2, 0) is 4.74 Å². The molecule has 4 nitrogen and oxygen atoms in total. The van der Waals surface area contributed by atoms with Crippen molar-refractivity contribution in [2.24, 2.45) is 0 Å². The van der Waals surface area contributed by atoms with Gasteiger partial charge in [0.15, 0.2) is 0 Å². The number of rotatable bonds is 3. The van der Waals surface area contributed by atoms with E-state index >= 15 is 0 Å². The molecule has 1 fully saturated rings. The lowest BCUT2D eigenvalue weighted by molar-refractivity contribution is 0.0474. The maximum absolute atomic E-state index is 11.6. The van der Waals surface area contributed by atoms with Gasteiger partial charge in [0, 0.05) is 25.0 Å². The van der Waals surface area contributed by atoms with Crippen molar-refractivity contribution >= 4 is 17.7 Å². The topological polar surface area (TPSA) is 41.6 Å². The number of halogens is 1. The third kappa shape index (κ3) is 6.13. The number of nitrogens with zero attached hydrogens (tertiary/aromatic N) is 1. The Kier molecular flexibility index (Phi) is 5.53. The van der Waals surface area contributed by atoms with Gasteiger partial charge >= 0.3 is 6.09 Å². The summed E-state index contributed by atoms with van der Waals surface area (Å²) < 4.78 is 5.24. The van der Waals surface area contributed by atoms with E-state index in [1.54, 1.807) is 0 Å². The molecule has 100 valence electrons. The third-order valence-electron chi connectivity index (χ3n) is 2.63. The second kappa shape index (κ2) is 6.45. The molecule has 0 saturated carbocycles. The number of hydrogen-bond donors (Lipinski definition) is 1. The van der Waals surface area contributed by atoms with Crippen LogP contribution in [0.2, 0.25) is 0 Å². The number of alkyl carbamates (subject to hydrolysis) is 1. The summed E-state index contributed by atoms with van der Waals surface area (Å²) in [7, 11) is 0. The lowest BCUT2D eigenvalue weighted by Crippen LogP contribution is -2.49. The highest BCUT2D eigenvalue weighted by atomic mass is 35.5. The minimum Gasteiger partial charge on any atom is -0.444 e. The van der Waals surface area contributed by atoms with E-state index in [-0.39, 0.29) is 12.1 Å². The Morgan fingerprint density at radius 3 is 2.82 bits per heavy atom. The van der Waals surface area contributed by atoms with Gasteiger partial charge in [-0.3, -0.25) is 0 Å². The summed E-state index contributed by atoms with van der Waals surface area (Å²) in [6.45, 7) is 8.42. The van der Waals surface area contributed by atoms with E-state index in [2.05, 4.69) is 10.2 Å². The number of amides is 1. The summed E-state index contributed by atoms with van der Waals surface area (Å²) in [6.07, 6.45) is 1.78. The van der Waals surface area contributed by atoms with Gasteiger partial charge in [0.25, 0.3) is 0 Å². The number of carbonyl (C=O) groups excluding carboxylic acids is 1. The molecule has 0 aliphatic carbocycles.